The van der Waals surface area contributed by atoms with Crippen LogP contribution in [0.25, 0.3) is 11.1 Å². The smallest absolute Gasteiger partial charge is 0.416 e. The largest absolute Gasteiger partial charge is 0.475 e. The number of nitrogens with one attached hydrogen (secondary N) is 1. The molecule has 0 aliphatic heterocycles. The lowest BCUT2D eigenvalue weighted by Crippen LogP contribution is -2.45. The van der Waals surface area contributed by atoms with E-state index in [1.165, 1.54) is 18.3 Å². The number of nitrogens with zero attached hydrogens (tertiary/aromatic N) is 1. The number of alkyl halides is 3. The summed E-state index contributed by atoms with van der Waals surface area (Å²) in [7, 11) is 0. The van der Waals surface area contributed by atoms with Gasteiger partial charge in [-0.05, 0) is 50.5 Å². The second-order valence-corrected chi connectivity index (χ2v) is 8.27. The molecule has 0 aliphatic rings. The first-order valence-corrected chi connectivity index (χ1v) is 9.61. The van der Waals surface area contributed by atoms with Crippen molar-refractivity contribution >= 4 is 6.09 Å². The third-order valence-electron chi connectivity index (χ3n) is 4.20. The molecule has 0 radical (unpaired) electrons. The van der Waals surface area contributed by atoms with Crippen LogP contribution in [0.4, 0.5) is 18.0 Å². The van der Waals surface area contributed by atoms with Crippen molar-refractivity contribution in [1.29, 1.82) is 0 Å². The van der Waals surface area contributed by atoms with Crippen LogP contribution in [0.3, 0.4) is 0 Å². The van der Waals surface area contributed by atoms with Gasteiger partial charge in [0.2, 0.25) is 5.88 Å². The van der Waals surface area contributed by atoms with E-state index in [1.54, 1.807) is 32.9 Å². The first-order valence-electron chi connectivity index (χ1n) is 9.61. The quantitative estimate of drug-likeness (QED) is 0.647. The average molecular weight is 424 g/mol. The second kappa shape index (κ2) is 9.36. The van der Waals surface area contributed by atoms with Crippen LogP contribution in [0.5, 0.6) is 5.88 Å². The molecular formula is C22H27F3N2O3. The molecule has 5 nitrogen and oxygen atoms in total. The molecule has 0 unspecified atom stereocenters. The molecule has 0 fully saturated rings. The number of aromatic nitrogens is 1. The number of halogens is 3. The van der Waals surface area contributed by atoms with Gasteiger partial charge in [-0.3, -0.25) is 0 Å². The van der Waals surface area contributed by atoms with Gasteiger partial charge in [-0.2, -0.15) is 13.2 Å². The van der Waals surface area contributed by atoms with E-state index in [4.69, 9.17) is 9.47 Å². The van der Waals surface area contributed by atoms with E-state index in [-0.39, 0.29) is 18.6 Å². The van der Waals surface area contributed by atoms with Crippen LogP contribution in [-0.2, 0) is 10.9 Å². The van der Waals surface area contributed by atoms with E-state index >= 15 is 0 Å². The predicted molar refractivity (Wildman–Crippen MR) is 108 cm³/mol. The Bertz CT molecular complexity index is 827. The molecule has 0 bridgehead atoms. The standard InChI is InChI=1S/C22H27F3N2O3/c1-14(2)18(27-20(28)30-21(3,4)5)13-29-19-11-8-16(12-26-19)15-6-9-17(10-7-15)22(23,24)25/h6-12,14,18H,13H2,1-5H3,(H,27,28)/t18-/m1/s1. The number of amides is 1. The number of benzene rings is 1. The van der Waals surface area contributed by atoms with E-state index < -0.39 is 23.4 Å². The molecule has 1 heterocycles. The molecular weight excluding hydrogens is 397 g/mol. The van der Waals surface area contributed by atoms with Crippen LogP contribution in [0, 0.1) is 5.92 Å². The Morgan fingerprint density at radius 1 is 1.03 bits per heavy atom. The van der Waals surface area contributed by atoms with Crippen molar-refractivity contribution in [3.63, 3.8) is 0 Å². The lowest BCUT2D eigenvalue weighted by Gasteiger charge is -2.25. The van der Waals surface area contributed by atoms with E-state index in [1.807, 2.05) is 13.8 Å². The van der Waals surface area contributed by atoms with Gasteiger partial charge in [0.15, 0.2) is 0 Å². The van der Waals surface area contributed by atoms with Crippen LogP contribution in [0.1, 0.15) is 40.2 Å². The summed E-state index contributed by atoms with van der Waals surface area (Å²) in [5, 5.41) is 2.79. The summed E-state index contributed by atoms with van der Waals surface area (Å²) in [6.07, 6.45) is -3.35. The molecule has 0 saturated carbocycles. The summed E-state index contributed by atoms with van der Waals surface area (Å²) in [6.45, 7) is 9.46. The molecule has 8 heteroatoms. The Balaban J connectivity index is 1.98. The maximum absolute atomic E-state index is 12.7. The zero-order valence-electron chi connectivity index (χ0n) is 17.7. The molecule has 1 atom stereocenters. The first kappa shape index (κ1) is 23.5. The van der Waals surface area contributed by atoms with Crippen molar-refractivity contribution in [2.24, 2.45) is 5.92 Å². The predicted octanol–water partition coefficient (Wildman–Crippen LogP) is 5.70. The van der Waals surface area contributed by atoms with Gasteiger partial charge >= 0.3 is 12.3 Å². The minimum absolute atomic E-state index is 0.101. The molecule has 2 rings (SSSR count). The molecule has 1 N–H and O–H groups in total. The Labute approximate surface area is 174 Å². The highest BCUT2D eigenvalue weighted by molar-refractivity contribution is 5.68. The Hall–Kier alpha value is -2.77. The molecule has 1 aromatic heterocycles. The minimum Gasteiger partial charge on any atom is -0.475 e. The van der Waals surface area contributed by atoms with E-state index in [2.05, 4.69) is 10.3 Å². The van der Waals surface area contributed by atoms with Crippen molar-refractivity contribution in [1.82, 2.24) is 10.3 Å². The molecule has 1 amide bonds. The van der Waals surface area contributed by atoms with Gasteiger partial charge in [0.25, 0.3) is 0 Å². The highest BCUT2D eigenvalue weighted by Crippen LogP contribution is 2.31. The number of carbonyl (C=O) groups is 1. The average Bonchev–Trinajstić information content (AvgIpc) is 2.63. The fraction of sp³-hybridized carbons (Fsp3) is 0.455. The molecule has 1 aromatic carbocycles. The molecule has 0 aliphatic carbocycles. The Morgan fingerprint density at radius 3 is 2.10 bits per heavy atom. The summed E-state index contributed by atoms with van der Waals surface area (Å²) in [5.41, 5.74) is -0.00393. The van der Waals surface area contributed by atoms with Crippen LogP contribution in [0.15, 0.2) is 42.6 Å². The maximum atomic E-state index is 12.7. The van der Waals surface area contributed by atoms with Gasteiger partial charge in [0.1, 0.15) is 12.2 Å². The summed E-state index contributed by atoms with van der Waals surface area (Å²) in [6, 6.07) is 7.95. The number of pyridine rings is 1. The first-order chi connectivity index (χ1) is 13.8. The number of carbonyl (C=O) groups excluding carboxylic acids is 1. The van der Waals surface area contributed by atoms with Gasteiger partial charge < -0.3 is 14.8 Å². The molecule has 0 spiro atoms. The number of alkyl carbamates (subject to hydrolysis) is 1. The Morgan fingerprint density at radius 2 is 1.63 bits per heavy atom. The number of hydrogen-bond acceptors (Lipinski definition) is 4. The zero-order chi connectivity index (χ0) is 22.5. The summed E-state index contributed by atoms with van der Waals surface area (Å²) < 4.78 is 49.0. The van der Waals surface area contributed by atoms with E-state index in [9.17, 15) is 18.0 Å². The van der Waals surface area contributed by atoms with Crippen LogP contribution >= 0.6 is 0 Å². The number of hydrogen-bond donors (Lipinski definition) is 1. The summed E-state index contributed by atoms with van der Waals surface area (Å²) in [5.74, 6) is 0.450. The minimum atomic E-state index is -4.37. The topological polar surface area (TPSA) is 60.5 Å². The number of ether oxygens (including phenoxy) is 2. The summed E-state index contributed by atoms with van der Waals surface area (Å²) in [4.78, 5) is 16.2. The molecule has 30 heavy (non-hydrogen) atoms. The molecule has 164 valence electrons. The van der Waals surface area contributed by atoms with Gasteiger partial charge in [0.05, 0.1) is 11.6 Å². The van der Waals surface area contributed by atoms with Crippen LogP contribution in [-0.4, -0.2) is 29.3 Å². The second-order valence-electron chi connectivity index (χ2n) is 8.27. The highest BCUT2D eigenvalue weighted by atomic mass is 19.4. The fourth-order valence-electron chi connectivity index (χ4n) is 2.52. The molecule has 2 aromatic rings. The van der Waals surface area contributed by atoms with Gasteiger partial charge in [-0.1, -0.05) is 26.0 Å². The van der Waals surface area contributed by atoms with Gasteiger partial charge in [-0.25, -0.2) is 9.78 Å². The monoisotopic (exact) mass is 424 g/mol. The number of rotatable bonds is 6. The van der Waals surface area contributed by atoms with Crippen molar-refractivity contribution in [2.75, 3.05) is 6.61 Å². The SMILES string of the molecule is CC(C)[C@@H](COc1ccc(-c2ccc(C(F)(F)F)cc2)cn1)NC(=O)OC(C)(C)C. The third kappa shape index (κ3) is 7.24. The van der Waals surface area contributed by atoms with Crippen molar-refractivity contribution in [3.05, 3.63) is 48.2 Å². The fourth-order valence-corrected chi connectivity index (χ4v) is 2.52. The lowest BCUT2D eigenvalue weighted by molar-refractivity contribution is -0.137. The summed E-state index contributed by atoms with van der Waals surface area (Å²) >= 11 is 0. The highest BCUT2D eigenvalue weighted by Gasteiger charge is 2.30. The van der Waals surface area contributed by atoms with Crippen LogP contribution in [0.2, 0.25) is 0 Å². The van der Waals surface area contributed by atoms with Crippen molar-refractivity contribution in [2.45, 2.75) is 52.4 Å². The van der Waals surface area contributed by atoms with E-state index in [0.29, 0.717) is 17.0 Å². The van der Waals surface area contributed by atoms with Crippen molar-refractivity contribution in [3.8, 4) is 17.0 Å². The third-order valence-corrected chi connectivity index (χ3v) is 4.20. The zero-order valence-corrected chi connectivity index (χ0v) is 17.7. The maximum Gasteiger partial charge on any atom is 0.416 e. The van der Waals surface area contributed by atoms with Gasteiger partial charge in [0, 0.05) is 17.8 Å². The van der Waals surface area contributed by atoms with Crippen LogP contribution < -0.4 is 10.1 Å². The normalized spacial score (nSPS) is 13.1. The van der Waals surface area contributed by atoms with Gasteiger partial charge in [-0.15, -0.1) is 0 Å². The molecule has 0 saturated heterocycles. The lowest BCUT2D eigenvalue weighted by atomic mass is 10.1. The Kier molecular flexibility index (Phi) is 7.34. The van der Waals surface area contributed by atoms with E-state index in [0.717, 1.165) is 12.1 Å². The van der Waals surface area contributed by atoms with Crippen molar-refractivity contribution < 1.29 is 27.4 Å².